The summed E-state index contributed by atoms with van der Waals surface area (Å²) in [5.41, 5.74) is 1.35. The van der Waals surface area contributed by atoms with Gasteiger partial charge in [0.25, 0.3) is 0 Å². The Kier molecular flexibility index (Phi) is 5.65. The molecule has 1 aromatic heterocycles. The van der Waals surface area contributed by atoms with Crippen molar-refractivity contribution in [3.63, 3.8) is 0 Å². The van der Waals surface area contributed by atoms with Crippen LogP contribution in [0.5, 0.6) is 5.75 Å². The predicted octanol–water partition coefficient (Wildman–Crippen LogP) is 4.88. The molecule has 2 atom stereocenters. The number of rotatable bonds is 6. The molecule has 2 aliphatic heterocycles. The Balaban J connectivity index is 1.47. The topological polar surface area (TPSA) is 79.4 Å². The largest absolute Gasteiger partial charge is 0.495 e. The molecule has 10 heteroatoms. The summed E-state index contributed by atoms with van der Waals surface area (Å²) in [6, 6.07) is 6.67. The quantitative estimate of drug-likeness (QED) is 0.392. The van der Waals surface area contributed by atoms with Crippen molar-refractivity contribution in [1.82, 2.24) is 14.9 Å². The van der Waals surface area contributed by atoms with E-state index < -0.39 is 16.7 Å². The van der Waals surface area contributed by atoms with Crippen molar-refractivity contribution < 1.29 is 18.3 Å². The van der Waals surface area contributed by atoms with Gasteiger partial charge in [-0.05, 0) is 43.9 Å². The molecule has 3 aromatic rings. The third-order valence-corrected chi connectivity index (χ3v) is 6.86. The number of nitrogens with one attached hydrogen (secondary N) is 2. The van der Waals surface area contributed by atoms with Gasteiger partial charge in [-0.1, -0.05) is 11.6 Å². The molecule has 33 heavy (non-hydrogen) atoms. The lowest BCUT2D eigenvalue weighted by Crippen LogP contribution is -2.46. The summed E-state index contributed by atoms with van der Waals surface area (Å²) in [5, 5.41) is 6.51. The second-order valence-electron chi connectivity index (χ2n) is 8.39. The van der Waals surface area contributed by atoms with Gasteiger partial charge in [0.1, 0.15) is 28.7 Å². The summed E-state index contributed by atoms with van der Waals surface area (Å²) < 4.78 is 33.6. The Hall–Kier alpha value is -3.20. The van der Waals surface area contributed by atoms with Crippen LogP contribution in [0, 0.1) is 11.6 Å². The van der Waals surface area contributed by atoms with Crippen LogP contribution in [0.15, 0.2) is 30.6 Å². The minimum absolute atomic E-state index is 0.00420. The van der Waals surface area contributed by atoms with E-state index in [-0.39, 0.29) is 23.8 Å². The summed E-state index contributed by atoms with van der Waals surface area (Å²) in [4.78, 5) is 21.9. The summed E-state index contributed by atoms with van der Waals surface area (Å²) >= 11 is 5.72. The van der Waals surface area contributed by atoms with Gasteiger partial charge in [0.15, 0.2) is 5.82 Å². The average molecular weight is 474 g/mol. The number of methoxy groups -OCH3 is 1. The van der Waals surface area contributed by atoms with Crippen LogP contribution in [-0.4, -0.2) is 46.5 Å². The number of nitrogens with zero attached hydrogens (tertiary/aromatic N) is 3. The van der Waals surface area contributed by atoms with Gasteiger partial charge in [0, 0.05) is 29.6 Å². The first kappa shape index (κ1) is 21.6. The van der Waals surface area contributed by atoms with E-state index in [0.717, 1.165) is 43.8 Å². The van der Waals surface area contributed by atoms with Gasteiger partial charge in [0.05, 0.1) is 24.0 Å². The van der Waals surface area contributed by atoms with Crippen molar-refractivity contribution in [2.45, 2.75) is 43.8 Å². The highest BCUT2D eigenvalue weighted by molar-refractivity contribution is 6.31. The Morgan fingerprint density at radius 3 is 2.61 bits per heavy atom. The molecule has 3 heterocycles. The molecule has 2 fully saturated rings. The standard InChI is InChI=1S/C23H22ClF2N5O2/c1-33-20-9-18-15(8-19(20)29-12-6-13-2-3-14(7-12)31(13)11-32)23(28-10-27-18)30-17-5-4-16(25)21(24)22(17)26/h4-5,8-14,29H,2-3,6-7H2,1H3,(H,27,28,30). The number of hydrogen-bond acceptors (Lipinski definition) is 6. The molecule has 2 saturated heterocycles. The maximum absolute atomic E-state index is 14.5. The molecular weight excluding hydrogens is 452 g/mol. The van der Waals surface area contributed by atoms with E-state index in [0.29, 0.717) is 22.5 Å². The van der Waals surface area contributed by atoms with Gasteiger partial charge >= 0.3 is 0 Å². The fourth-order valence-corrected chi connectivity index (χ4v) is 5.10. The van der Waals surface area contributed by atoms with E-state index in [1.807, 2.05) is 11.0 Å². The minimum atomic E-state index is -0.896. The van der Waals surface area contributed by atoms with E-state index in [4.69, 9.17) is 16.3 Å². The predicted molar refractivity (Wildman–Crippen MR) is 122 cm³/mol. The van der Waals surface area contributed by atoms with Gasteiger partial charge < -0.3 is 20.3 Å². The first-order chi connectivity index (χ1) is 16.0. The molecule has 1 amide bonds. The number of carbonyl (C=O) groups is 1. The van der Waals surface area contributed by atoms with Gasteiger partial charge in [-0.15, -0.1) is 0 Å². The third-order valence-electron chi connectivity index (χ3n) is 6.52. The van der Waals surface area contributed by atoms with Crippen molar-refractivity contribution in [2.75, 3.05) is 17.7 Å². The zero-order valence-electron chi connectivity index (χ0n) is 17.8. The number of piperidine rings is 1. The molecule has 2 N–H and O–H groups in total. The number of hydrogen-bond donors (Lipinski definition) is 2. The molecule has 5 rings (SSSR count). The highest BCUT2D eigenvalue weighted by Crippen LogP contribution is 2.39. The zero-order valence-corrected chi connectivity index (χ0v) is 18.6. The Labute approximate surface area is 194 Å². The van der Waals surface area contributed by atoms with Gasteiger partial charge in [-0.25, -0.2) is 18.7 Å². The summed E-state index contributed by atoms with van der Waals surface area (Å²) in [5.74, 6) is -0.762. The molecule has 0 radical (unpaired) electrons. The third kappa shape index (κ3) is 3.90. The highest BCUT2D eigenvalue weighted by atomic mass is 35.5. The first-order valence-corrected chi connectivity index (χ1v) is 11.1. The van der Waals surface area contributed by atoms with Crippen LogP contribution < -0.4 is 15.4 Å². The van der Waals surface area contributed by atoms with E-state index in [9.17, 15) is 13.6 Å². The van der Waals surface area contributed by atoms with E-state index in [1.54, 1.807) is 13.2 Å². The SMILES string of the molecule is COc1cc2ncnc(Nc3ccc(F)c(Cl)c3F)c2cc1NC1CC2CCC(C1)N2C=O. The number of carbonyl (C=O) groups excluding carboxylic acids is 1. The van der Waals surface area contributed by atoms with E-state index in [2.05, 4.69) is 20.6 Å². The number of aromatic nitrogens is 2. The number of anilines is 3. The molecule has 7 nitrogen and oxygen atoms in total. The van der Waals surface area contributed by atoms with E-state index >= 15 is 0 Å². The molecule has 2 aromatic carbocycles. The van der Waals surface area contributed by atoms with Crippen molar-refractivity contribution in [3.05, 3.63) is 47.2 Å². The molecule has 2 unspecified atom stereocenters. The lowest BCUT2D eigenvalue weighted by molar-refractivity contribution is -0.122. The van der Waals surface area contributed by atoms with Crippen LogP contribution >= 0.6 is 11.6 Å². The lowest BCUT2D eigenvalue weighted by Gasteiger charge is -2.37. The van der Waals surface area contributed by atoms with Crippen molar-refractivity contribution in [3.8, 4) is 5.75 Å². The Morgan fingerprint density at radius 1 is 1.15 bits per heavy atom. The summed E-state index contributed by atoms with van der Waals surface area (Å²) in [6.45, 7) is 0. The number of fused-ring (bicyclic) bond motifs is 3. The normalized spacial score (nSPS) is 21.8. The van der Waals surface area contributed by atoms with Gasteiger partial charge in [-0.2, -0.15) is 0 Å². The second kappa shape index (κ2) is 8.62. The maximum Gasteiger partial charge on any atom is 0.210 e. The molecule has 0 aliphatic carbocycles. The fourth-order valence-electron chi connectivity index (χ4n) is 4.94. The second-order valence-corrected chi connectivity index (χ2v) is 8.77. The Morgan fingerprint density at radius 2 is 1.91 bits per heavy atom. The van der Waals surface area contributed by atoms with Crippen LogP contribution in [0.1, 0.15) is 25.7 Å². The number of ether oxygens (including phenoxy) is 1. The highest BCUT2D eigenvalue weighted by Gasteiger charge is 2.40. The van der Waals surface area contributed by atoms with Crippen LogP contribution in [0.4, 0.5) is 26.0 Å². The van der Waals surface area contributed by atoms with Crippen LogP contribution in [0.2, 0.25) is 5.02 Å². The van der Waals surface area contributed by atoms with Crippen LogP contribution in [0.3, 0.4) is 0 Å². The van der Waals surface area contributed by atoms with Gasteiger partial charge in [0.2, 0.25) is 6.41 Å². The first-order valence-electron chi connectivity index (χ1n) is 10.7. The van der Waals surface area contributed by atoms with E-state index in [1.165, 1.54) is 12.4 Å². The van der Waals surface area contributed by atoms with Gasteiger partial charge in [-0.3, -0.25) is 4.79 Å². The maximum atomic E-state index is 14.5. The lowest BCUT2D eigenvalue weighted by atomic mass is 9.97. The molecule has 0 spiro atoms. The van der Waals surface area contributed by atoms with Crippen LogP contribution in [-0.2, 0) is 4.79 Å². The number of amides is 1. The average Bonchev–Trinajstić information content (AvgIpc) is 3.07. The Bertz CT molecular complexity index is 1210. The molecule has 2 aliphatic rings. The molecular formula is C23H22ClF2N5O2. The van der Waals surface area contributed by atoms with Crippen molar-refractivity contribution in [1.29, 1.82) is 0 Å². The zero-order chi connectivity index (χ0) is 23.1. The van der Waals surface area contributed by atoms with Crippen molar-refractivity contribution in [2.24, 2.45) is 0 Å². The van der Waals surface area contributed by atoms with Crippen molar-refractivity contribution >= 4 is 46.1 Å². The summed E-state index contributed by atoms with van der Waals surface area (Å²) in [6.07, 6.45) is 6.06. The summed E-state index contributed by atoms with van der Waals surface area (Å²) in [7, 11) is 1.58. The number of halogens is 3. The van der Waals surface area contributed by atoms with Crippen LogP contribution in [0.25, 0.3) is 10.9 Å². The molecule has 0 saturated carbocycles. The minimum Gasteiger partial charge on any atom is -0.495 e. The monoisotopic (exact) mass is 473 g/mol. The molecule has 172 valence electrons. The smallest absolute Gasteiger partial charge is 0.210 e. The number of benzene rings is 2. The fraction of sp³-hybridized carbons (Fsp3) is 0.348. The molecule has 2 bridgehead atoms.